The molecule has 0 amide bonds. The number of hydrogen-bond acceptors (Lipinski definition) is 2. The van der Waals surface area contributed by atoms with E-state index in [0.29, 0.717) is 5.92 Å². The second-order valence-corrected chi connectivity index (χ2v) is 4.97. The van der Waals surface area contributed by atoms with Crippen LogP contribution in [0.25, 0.3) is 11.4 Å². The molecule has 0 radical (unpaired) electrons. The highest BCUT2D eigenvalue weighted by Gasteiger charge is 2.09. The molecule has 1 aromatic carbocycles. The van der Waals surface area contributed by atoms with Crippen molar-refractivity contribution >= 4 is 15.9 Å². The van der Waals surface area contributed by atoms with Gasteiger partial charge >= 0.3 is 0 Å². The number of halogens is 1. The first-order chi connectivity index (χ1) is 8.13. The molecule has 2 rings (SSSR count). The molecule has 0 spiro atoms. The van der Waals surface area contributed by atoms with Gasteiger partial charge in [0.05, 0.1) is 5.33 Å². The largest absolute Gasteiger partial charge is 0.313 e. The SMILES string of the molecule is CC(C)c1ccc(-c2nnc(CBr)n2C)cc1. The fourth-order valence-corrected chi connectivity index (χ4v) is 2.23. The van der Waals surface area contributed by atoms with Gasteiger partial charge in [0.15, 0.2) is 5.82 Å². The van der Waals surface area contributed by atoms with Crippen LogP contribution in [0.3, 0.4) is 0 Å². The number of alkyl halides is 1. The minimum Gasteiger partial charge on any atom is -0.313 e. The van der Waals surface area contributed by atoms with Crippen LogP contribution in [-0.4, -0.2) is 14.8 Å². The van der Waals surface area contributed by atoms with E-state index in [1.165, 1.54) is 5.56 Å². The molecule has 1 heterocycles. The summed E-state index contributed by atoms with van der Waals surface area (Å²) in [6.07, 6.45) is 0. The Hall–Kier alpha value is -1.16. The second kappa shape index (κ2) is 5.00. The van der Waals surface area contributed by atoms with Crippen LogP contribution >= 0.6 is 15.9 Å². The Balaban J connectivity index is 2.36. The van der Waals surface area contributed by atoms with Crippen LogP contribution in [0.2, 0.25) is 0 Å². The van der Waals surface area contributed by atoms with E-state index in [9.17, 15) is 0 Å². The maximum Gasteiger partial charge on any atom is 0.163 e. The van der Waals surface area contributed by atoms with Gasteiger partial charge in [-0.05, 0) is 11.5 Å². The van der Waals surface area contributed by atoms with Crippen molar-refractivity contribution < 1.29 is 0 Å². The van der Waals surface area contributed by atoms with Crippen LogP contribution in [-0.2, 0) is 12.4 Å². The van der Waals surface area contributed by atoms with E-state index in [0.717, 1.165) is 22.5 Å². The highest BCUT2D eigenvalue weighted by Crippen LogP contribution is 2.21. The molecule has 0 bridgehead atoms. The van der Waals surface area contributed by atoms with Gasteiger partial charge in [-0.3, -0.25) is 0 Å². The Kier molecular flexibility index (Phi) is 3.62. The molecule has 3 nitrogen and oxygen atoms in total. The molecule has 0 aliphatic carbocycles. The summed E-state index contributed by atoms with van der Waals surface area (Å²) >= 11 is 3.40. The normalized spacial score (nSPS) is 11.1. The summed E-state index contributed by atoms with van der Waals surface area (Å²) in [5, 5.41) is 9.07. The maximum absolute atomic E-state index is 4.21. The van der Waals surface area contributed by atoms with Gasteiger partial charge in [0.1, 0.15) is 5.82 Å². The van der Waals surface area contributed by atoms with Crippen molar-refractivity contribution in [3.63, 3.8) is 0 Å². The molecule has 17 heavy (non-hydrogen) atoms. The summed E-state index contributed by atoms with van der Waals surface area (Å²) in [7, 11) is 1.99. The van der Waals surface area contributed by atoms with Crippen molar-refractivity contribution in [2.45, 2.75) is 25.1 Å². The Morgan fingerprint density at radius 3 is 2.29 bits per heavy atom. The predicted octanol–water partition coefficient (Wildman–Crippen LogP) is 3.50. The molecule has 0 saturated heterocycles. The summed E-state index contributed by atoms with van der Waals surface area (Å²) < 4.78 is 2.01. The molecule has 0 aliphatic rings. The number of aromatic nitrogens is 3. The monoisotopic (exact) mass is 293 g/mol. The molecule has 90 valence electrons. The van der Waals surface area contributed by atoms with Crippen LogP contribution in [0.1, 0.15) is 31.2 Å². The Morgan fingerprint density at radius 2 is 1.82 bits per heavy atom. The van der Waals surface area contributed by atoms with E-state index in [1.54, 1.807) is 0 Å². The molecule has 0 unspecified atom stereocenters. The standard InChI is InChI=1S/C13H16BrN3/c1-9(2)10-4-6-11(7-5-10)13-16-15-12(8-14)17(13)3/h4-7,9H,8H2,1-3H3. The maximum atomic E-state index is 4.21. The van der Waals surface area contributed by atoms with Crippen molar-refractivity contribution in [1.82, 2.24) is 14.8 Å². The summed E-state index contributed by atoms with van der Waals surface area (Å²) in [4.78, 5) is 0. The highest BCUT2D eigenvalue weighted by molar-refractivity contribution is 9.08. The van der Waals surface area contributed by atoms with E-state index in [-0.39, 0.29) is 0 Å². The average Bonchev–Trinajstić information content (AvgIpc) is 2.70. The van der Waals surface area contributed by atoms with Gasteiger partial charge in [0.25, 0.3) is 0 Å². The molecular formula is C13H16BrN3. The summed E-state index contributed by atoms with van der Waals surface area (Å²) in [6.45, 7) is 4.39. The lowest BCUT2D eigenvalue weighted by Crippen LogP contribution is -1.97. The molecule has 1 aromatic heterocycles. The molecular weight excluding hydrogens is 278 g/mol. The van der Waals surface area contributed by atoms with E-state index < -0.39 is 0 Å². The number of nitrogens with zero attached hydrogens (tertiary/aromatic N) is 3. The molecule has 2 aromatic rings. The zero-order chi connectivity index (χ0) is 12.4. The third-order valence-electron chi connectivity index (χ3n) is 2.92. The van der Waals surface area contributed by atoms with Crippen molar-refractivity contribution in [2.75, 3.05) is 0 Å². The number of rotatable bonds is 3. The van der Waals surface area contributed by atoms with Crippen molar-refractivity contribution in [1.29, 1.82) is 0 Å². The first kappa shape index (κ1) is 12.3. The highest BCUT2D eigenvalue weighted by atomic mass is 79.9. The van der Waals surface area contributed by atoms with E-state index in [1.807, 2.05) is 11.6 Å². The lowest BCUT2D eigenvalue weighted by Gasteiger charge is -2.06. The van der Waals surface area contributed by atoms with Gasteiger partial charge < -0.3 is 4.57 Å². The summed E-state index contributed by atoms with van der Waals surface area (Å²) in [5.41, 5.74) is 2.45. The van der Waals surface area contributed by atoms with Crippen molar-refractivity contribution in [3.8, 4) is 11.4 Å². The van der Waals surface area contributed by atoms with Crippen LogP contribution in [0, 0.1) is 0 Å². The smallest absolute Gasteiger partial charge is 0.163 e. The average molecular weight is 294 g/mol. The third kappa shape index (κ3) is 2.41. The van der Waals surface area contributed by atoms with E-state index in [2.05, 4.69) is 64.2 Å². The lowest BCUT2D eigenvalue weighted by atomic mass is 10.0. The zero-order valence-electron chi connectivity index (χ0n) is 10.3. The molecule has 4 heteroatoms. The van der Waals surface area contributed by atoms with Gasteiger partial charge in [0.2, 0.25) is 0 Å². The van der Waals surface area contributed by atoms with Gasteiger partial charge in [0, 0.05) is 12.6 Å². The Labute approximate surface area is 110 Å². The van der Waals surface area contributed by atoms with Gasteiger partial charge in [-0.2, -0.15) is 0 Å². The van der Waals surface area contributed by atoms with E-state index in [4.69, 9.17) is 0 Å². The van der Waals surface area contributed by atoms with Crippen LogP contribution in [0.15, 0.2) is 24.3 Å². The van der Waals surface area contributed by atoms with Crippen LogP contribution in [0.4, 0.5) is 0 Å². The van der Waals surface area contributed by atoms with Crippen molar-refractivity contribution in [3.05, 3.63) is 35.7 Å². The first-order valence-corrected chi connectivity index (χ1v) is 6.80. The second-order valence-electron chi connectivity index (χ2n) is 4.41. The minimum absolute atomic E-state index is 0.557. The molecule has 0 N–H and O–H groups in total. The Bertz CT molecular complexity index is 500. The van der Waals surface area contributed by atoms with E-state index >= 15 is 0 Å². The van der Waals surface area contributed by atoms with Gasteiger partial charge in [-0.25, -0.2) is 0 Å². The molecule has 0 atom stereocenters. The van der Waals surface area contributed by atoms with Crippen molar-refractivity contribution in [2.24, 2.45) is 7.05 Å². The minimum atomic E-state index is 0.557. The topological polar surface area (TPSA) is 30.7 Å². The Morgan fingerprint density at radius 1 is 1.18 bits per heavy atom. The molecule has 0 fully saturated rings. The number of benzene rings is 1. The summed E-state index contributed by atoms with van der Waals surface area (Å²) in [5.74, 6) is 2.41. The first-order valence-electron chi connectivity index (χ1n) is 5.68. The predicted molar refractivity (Wildman–Crippen MR) is 73.2 cm³/mol. The zero-order valence-corrected chi connectivity index (χ0v) is 11.9. The van der Waals surface area contributed by atoms with Gasteiger partial charge in [-0.15, -0.1) is 10.2 Å². The molecule has 0 saturated carbocycles. The third-order valence-corrected chi connectivity index (χ3v) is 3.42. The fourth-order valence-electron chi connectivity index (χ4n) is 1.75. The summed E-state index contributed by atoms with van der Waals surface area (Å²) in [6, 6.07) is 8.53. The fraction of sp³-hybridized carbons (Fsp3) is 0.385. The quantitative estimate of drug-likeness (QED) is 0.811. The lowest BCUT2D eigenvalue weighted by molar-refractivity contribution is 0.856. The van der Waals surface area contributed by atoms with Crippen LogP contribution in [0.5, 0.6) is 0 Å². The number of hydrogen-bond donors (Lipinski definition) is 0. The van der Waals surface area contributed by atoms with Gasteiger partial charge in [-0.1, -0.05) is 54.0 Å². The molecule has 0 aliphatic heterocycles. The van der Waals surface area contributed by atoms with Crippen LogP contribution < -0.4 is 0 Å².